The highest BCUT2D eigenvalue weighted by Crippen LogP contribution is 2.23. The van der Waals surface area contributed by atoms with E-state index >= 15 is 0 Å². The van der Waals surface area contributed by atoms with Crippen molar-refractivity contribution in [3.8, 4) is 0 Å². The zero-order chi connectivity index (χ0) is 10.6. The Kier molecular flexibility index (Phi) is 4.95. The van der Waals surface area contributed by atoms with Gasteiger partial charge in [-0.3, -0.25) is 0 Å². The largest absolute Gasteiger partial charge is 0.312 e. The van der Waals surface area contributed by atoms with Crippen LogP contribution in [0.25, 0.3) is 0 Å². The number of hydrogen-bond acceptors (Lipinski definition) is 3. The van der Waals surface area contributed by atoms with E-state index in [1.54, 1.807) is 18.1 Å². The number of hydrogen-bond donors (Lipinski definition) is 0. The summed E-state index contributed by atoms with van der Waals surface area (Å²) in [5, 5.41) is 9.94. The summed E-state index contributed by atoms with van der Waals surface area (Å²) in [6.45, 7) is 4.51. The molecular formula is C9H16BrN3S. The molecule has 0 saturated carbocycles. The maximum atomic E-state index is 4.04. The minimum Gasteiger partial charge on any atom is -0.312 e. The lowest BCUT2D eigenvalue weighted by molar-refractivity contribution is 0.474. The molecule has 0 aliphatic rings. The number of halogens is 1. The number of aromatic nitrogens is 3. The fourth-order valence-electron chi connectivity index (χ4n) is 1.00. The summed E-state index contributed by atoms with van der Waals surface area (Å²) in [7, 11) is 1.97. The lowest BCUT2D eigenvalue weighted by Gasteiger charge is -2.16. The van der Waals surface area contributed by atoms with Crippen LogP contribution in [0, 0.1) is 11.8 Å². The third-order valence-electron chi connectivity index (χ3n) is 2.24. The topological polar surface area (TPSA) is 30.7 Å². The quantitative estimate of drug-likeness (QED) is 0.612. The normalized spacial score (nSPS) is 13.5. The first-order valence-electron chi connectivity index (χ1n) is 4.68. The summed E-state index contributed by atoms with van der Waals surface area (Å²) in [5.74, 6) is 2.49. The van der Waals surface area contributed by atoms with Gasteiger partial charge in [-0.05, 0) is 11.8 Å². The van der Waals surface area contributed by atoms with Crippen molar-refractivity contribution >= 4 is 27.7 Å². The van der Waals surface area contributed by atoms with Gasteiger partial charge in [0.25, 0.3) is 0 Å². The van der Waals surface area contributed by atoms with E-state index in [2.05, 4.69) is 40.0 Å². The van der Waals surface area contributed by atoms with Gasteiger partial charge in [0, 0.05) is 18.1 Å². The van der Waals surface area contributed by atoms with E-state index in [1.165, 1.54) is 0 Å². The van der Waals surface area contributed by atoms with Crippen molar-refractivity contribution < 1.29 is 0 Å². The Morgan fingerprint density at radius 1 is 1.57 bits per heavy atom. The molecule has 0 aliphatic carbocycles. The molecule has 80 valence electrons. The van der Waals surface area contributed by atoms with Crippen LogP contribution >= 0.6 is 27.7 Å². The Morgan fingerprint density at radius 3 is 2.71 bits per heavy atom. The Bertz CT molecular complexity index is 275. The molecule has 1 atom stereocenters. The van der Waals surface area contributed by atoms with Gasteiger partial charge in [0.2, 0.25) is 0 Å². The molecule has 0 amide bonds. The summed E-state index contributed by atoms with van der Waals surface area (Å²) in [5.41, 5.74) is 0. The van der Waals surface area contributed by atoms with Crippen LogP contribution in [0.15, 0.2) is 11.5 Å². The minimum absolute atomic E-state index is 0.691. The molecule has 1 aromatic rings. The van der Waals surface area contributed by atoms with E-state index in [4.69, 9.17) is 0 Å². The van der Waals surface area contributed by atoms with Crippen LogP contribution in [0.4, 0.5) is 0 Å². The maximum absolute atomic E-state index is 4.04. The van der Waals surface area contributed by atoms with Gasteiger partial charge in [-0.2, -0.15) is 0 Å². The second-order valence-electron chi connectivity index (χ2n) is 3.69. The Balaban J connectivity index is 2.43. The molecule has 0 radical (unpaired) electrons. The van der Waals surface area contributed by atoms with Crippen LogP contribution < -0.4 is 0 Å². The van der Waals surface area contributed by atoms with Crippen molar-refractivity contribution in [1.82, 2.24) is 14.8 Å². The monoisotopic (exact) mass is 277 g/mol. The summed E-state index contributed by atoms with van der Waals surface area (Å²) >= 11 is 5.32. The van der Waals surface area contributed by atoms with Crippen molar-refractivity contribution in [2.45, 2.75) is 19.0 Å². The molecule has 0 saturated heterocycles. The highest BCUT2D eigenvalue weighted by Gasteiger charge is 2.13. The van der Waals surface area contributed by atoms with Crippen LogP contribution in [0.1, 0.15) is 13.8 Å². The van der Waals surface area contributed by atoms with Crippen molar-refractivity contribution in [2.24, 2.45) is 18.9 Å². The number of aryl methyl sites for hydroxylation is 1. The number of rotatable bonds is 5. The first-order chi connectivity index (χ1) is 6.65. The molecule has 0 bridgehead atoms. The van der Waals surface area contributed by atoms with Crippen LogP contribution in [0.5, 0.6) is 0 Å². The average Bonchev–Trinajstić information content (AvgIpc) is 2.52. The molecule has 0 aromatic carbocycles. The van der Waals surface area contributed by atoms with E-state index < -0.39 is 0 Å². The Labute approximate surface area is 97.8 Å². The van der Waals surface area contributed by atoms with Crippen LogP contribution in [0.3, 0.4) is 0 Å². The first kappa shape index (κ1) is 12.0. The van der Waals surface area contributed by atoms with Gasteiger partial charge in [-0.15, -0.1) is 10.2 Å². The van der Waals surface area contributed by atoms with Gasteiger partial charge in [-0.25, -0.2) is 0 Å². The molecule has 3 nitrogen and oxygen atoms in total. The van der Waals surface area contributed by atoms with Gasteiger partial charge in [0.1, 0.15) is 6.33 Å². The standard InChI is InChI=1S/C9H16BrN3S/c1-7(2)8(4-10)5-14-9-12-11-6-13(9)3/h6-8H,4-5H2,1-3H3. The van der Waals surface area contributed by atoms with E-state index in [0.29, 0.717) is 11.8 Å². The fraction of sp³-hybridized carbons (Fsp3) is 0.778. The average molecular weight is 278 g/mol. The molecule has 0 N–H and O–H groups in total. The summed E-state index contributed by atoms with van der Waals surface area (Å²) < 4.78 is 1.95. The highest BCUT2D eigenvalue weighted by atomic mass is 79.9. The predicted molar refractivity (Wildman–Crippen MR) is 63.8 cm³/mol. The fourth-order valence-corrected chi connectivity index (χ4v) is 3.50. The molecule has 5 heteroatoms. The highest BCUT2D eigenvalue weighted by molar-refractivity contribution is 9.09. The molecule has 14 heavy (non-hydrogen) atoms. The lowest BCUT2D eigenvalue weighted by Crippen LogP contribution is -2.13. The summed E-state index contributed by atoms with van der Waals surface area (Å²) in [6, 6.07) is 0. The summed E-state index contributed by atoms with van der Waals surface area (Å²) in [4.78, 5) is 0. The Hall–Kier alpha value is -0.0300. The third-order valence-corrected chi connectivity index (χ3v) is 4.29. The smallest absolute Gasteiger partial charge is 0.190 e. The SMILES string of the molecule is CC(C)C(CBr)CSc1nncn1C. The van der Waals surface area contributed by atoms with Gasteiger partial charge in [0.15, 0.2) is 5.16 Å². The molecule has 1 aromatic heterocycles. The number of thioether (sulfide) groups is 1. The minimum atomic E-state index is 0.691. The molecule has 1 heterocycles. The molecule has 1 rings (SSSR count). The number of alkyl halides is 1. The zero-order valence-electron chi connectivity index (χ0n) is 8.77. The second kappa shape index (κ2) is 5.75. The maximum Gasteiger partial charge on any atom is 0.190 e. The predicted octanol–water partition coefficient (Wildman–Crippen LogP) is 2.57. The molecular weight excluding hydrogens is 262 g/mol. The second-order valence-corrected chi connectivity index (χ2v) is 5.33. The van der Waals surface area contributed by atoms with E-state index in [9.17, 15) is 0 Å². The summed E-state index contributed by atoms with van der Waals surface area (Å²) in [6.07, 6.45) is 1.74. The zero-order valence-corrected chi connectivity index (χ0v) is 11.2. The van der Waals surface area contributed by atoms with Gasteiger partial charge in [-0.1, -0.05) is 41.5 Å². The lowest BCUT2D eigenvalue weighted by atomic mass is 10.0. The van der Waals surface area contributed by atoms with Crippen LogP contribution in [0.2, 0.25) is 0 Å². The number of nitrogens with zero attached hydrogens (tertiary/aromatic N) is 3. The van der Waals surface area contributed by atoms with Crippen molar-refractivity contribution in [2.75, 3.05) is 11.1 Å². The van der Waals surface area contributed by atoms with Gasteiger partial charge < -0.3 is 4.57 Å². The third kappa shape index (κ3) is 3.28. The molecule has 0 fully saturated rings. The molecule has 1 unspecified atom stereocenters. The first-order valence-corrected chi connectivity index (χ1v) is 6.78. The van der Waals surface area contributed by atoms with E-state index in [1.807, 2.05) is 11.6 Å². The Morgan fingerprint density at radius 2 is 2.29 bits per heavy atom. The molecule has 0 aliphatic heterocycles. The van der Waals surface area contributed by atoms with Gasteiger partial charge in [0.05, 0.1) is 0 Å². The van der Waals surface area contributed by atoms with Crippen LogP contribution in [-0.2, 0) is 7.05 Å². The van der Waals surface area contributed by atoms with Crippen molar-refractivity contribution in [3.05, 3.63) is 6.33 Å². The van der Waals surface area contributed by atoms with Crippen molar-refractivity contribution in [1.29, 1.82) is 0 Å². The van der Waals surface area contributed by atoms with Crippen molar-refractivity contribution in [3.63, 3.8) is 0 Å². The van der Waals surface area contributed by atoms with E-state index in [-0.39, 0.29) is 0 Å². The van der Waals surface area contributed by atoms with Gasteiger partial charge >= 0.3 is 0 Å². The molecule has 0 spiro atoms. The van der Waals surface area contributed by atoms with Crippen LogP contribution in [-0.4, -0.2) is 25.8 Å². The van der Waals surface area contributed by atoms with E-state index in [0.717, 1.165) is 16.2 Å².